The number of thiazole rings is 1. The molecule has 0 spiro atoms. The number of hydrogen-bond donors (Lipinski definition) is 0. The highest BCUT2D eigenvalue weighted by Gasteiger charge is 2.33. The molecule has 1 aliphatic carbocycles. The molecule has 0 N–H and O–H groups in total. The Morgan fingerprint density at radius 2 is 1.97 bits per heavy atom. The Balaban J connectivity index is 1.58. The van der Waals surface area contributed by atoms with Gasteiger partial charge in [0.2, 0.25) is 0 Å². The van der Waals surface area contributed by atoms with Gasteiger partial charge >= 0.3 is 0 Å². The first-order valence-corrected chi connectivity index (χ1v) is 14.3. The van der Waals surface area contributed by atoms with Gasteiger partial charge in [0.1, 0.15) is 5.75 Å². The van der Waals surface area contributed by atoms with Crippen LogP contribution in [-0.2, 0) is 6.42 Å². The smallest absolute Gasteiger partial charge is 0.271 e. The van der Waals surface area contributed by atoms with Gasteiger partial charge in [0.25, 0.3) is 5.56 Å². The van der Waals surface area contributed by atoms with Crippen LogP contribution in [0.4, 0.5) is 0 Å². The fourth-order valence-electron chi connectivity index (χ4n) is 5.05. The van der Waals surface area contributed by atoms with Crippen LogP contribution in [0.25, 0.3) is 11.8 Å². The summed E-state index contributed by atoms with van der Waals surface area (Å²) in [4.78, 5) is 19.6. The lowest BCUT2D eigenvalue weighted by molar-refractivity contribution is 0.338. The molecule has 0 saturated carbocycles. The largest absolute Gasteiger partial charge is 0.493 e. The van der Waals surface area contributed by atoms with Crippen LogP contribution in [0.1, 0.15) is 41.6 Å². The first-order chi connectivity index (χ1) is 17.9. The molecule has 0 bridgehead atoms. The maximum Gasteiger partial charge on any atom is 0.271 e. The summed E-state index contributed by atoms with van der Waals surface area (Å²) in [6.07, 6.45) is 3.59. The maximum absolute atomic E-state index is 13.9. The number of rotatable bonds is 4. The van der Waals surface area contributed by atoms with Gasteiger partial charge in [-0.15, -0.1) is 0 Å². The van der Waals surface area contributed by atoms with E-state index < -0.39 is 0 Å². The van der Waals surface area contributed by atoms with Gasteiger partial charge in [-0.05, 0) is 88.3 Å². The second-order valence-corrected chi connectivity index (χ2v) is 11.6. The molecule has 0 saturated heterocycles. The van der Waals surface area contributed by atoms with E-state index >= 15 is 0 Å². The van der Waals surface area contributed by atoms with Gasteiger partial charge in [0, 0.05) is 15.6 Å². The van der Waals surface area contributed by atoms with Crippen molar-refractivity contribution in [2.45, 2.75) is 25.8 Å². The Labute approximate surface area is 236 Å². The number of nitrogens with zero attached hydrogens (tertiary/aromatic N) is 2. The van der Waals surface area contributed by atoms with Crippen molar-refractivity contribution in [1.29, 1.82) is 0 Å². The molecule has 4 nitrogen and oxygen atoms in total. The number of halogens is 3. The SMILES string of the molecule is CCOc1ccc(C=c2sc3n(c2=O)C(c2ccc(Cl)cc2Cl)C2=C(N=3)c3ccccc3CC2)cc1Br. The van der Waals surface area contributed by atoms with Crippen LogP contribution in [0, 0.1) is 0 Å². The van der Waals surface area contributed by atoms with Crippen molar-refractivity contribution >= 4 is 62.2 Å². The van der Waals surface area contributed by atoms with Gasteiger partial charge in [-0.25, -0.2) is 4.99 Å². The fraction of sp³-hybridized carbons (Fsp3) is 0.172. The van der Waals surface area contributed by atoms with Crippen molar-refractivity contribution in [2.75, 3.05) is 6.61 Å². The lowest BCUT2D eigenvalue weighted by atomic mass is 9.83. The minimum atomic E-state index is -0.349. The zero-order chi connectivity index (χ0) is 25.7. The van der Waals surface area contributed by atoms with Crippen LogP contribution in [-0.4, -0.2) is 11.2 Å². The van der Waals surface area contributed by atoms with Gasteiger partial charge in [-0.3, -0.25) is 9.36 Å². The van der Waals surface area contributed by atoms with Gasteiger partial charge < -0.3 is 4.74 Å². The van der Waals surface area contributed by atoms with Crippen LogP contribution in [0.2, 0.25) is 10.0 Å². The van der Waals surface area contributed by atoms with Crippen LogP contribution in [0.3, 0.4) is 0 Å². The fourth-order valence-corrected chi connectivity index (χ4v) is 7.08. The number of aryl methyl sites for hydroxylation is 1. The predicted octanol–water partition coefficient (Wildman–Crippen LogP) is 6.79. The second kappa shape index (κ2) is 9.91. The minimum Gasteiger partial charge on any atom is -0.493 e. The van der Waals surface area contributed by atoms with Gasteiger partial charge in [-0.2, -0.15) is 0 Å². The summed E-state index contributed by atoms with van der Waals surface area (Å²) in [7, 11) is 0. The first kappa shape index (κ1) is 24.7. The third kappa shape index (κ3) is 4.40. The number of allylic oxidation sites excluding steroid dienone is 1. The average Bonchev–Trinajstić information content (AvgIpc) is 3.19. The molecule has 1 atom stereocenters. The number of fused-ring (bicyclic) bond motifs is 3. The number of hydrogen-bond acceptors (Lipinski definition) is 4. The average molecular weight is 612 g/mol. The van der Waals surface area contributed by atoms with Gasteiger partial charge in [0.15, 0.2) is 4.80 Å². The Kier molecular flexibility index (Phi) is 6.61. The maximum atomic E-state index is 13.9. The van der Waals surface area contributed by atoms with E-state index in [1.807, 2.05) is 49.4 Å². The summed E-state index contributed by atoms with van der Waals surface area (Å²) >= 11 is 17.9. The van der Waals surface area contributed by atoms with E-state index in [0.717, 1.165) is 51.0 Å². The summed E-state index contributed by atoms with van der Waals surface area (Å²) in [6, 6.07) is 19.3. The summed E-state index contributed by atoms with van der Waals surface area (Å²) in [5.74, 6) is 0.768. The molecular weight excluding hydrogens is 591 g/mol. The van der Waals surface area contributed by atoms with Crippen molar-refractivity contribution in [3.05, 3.63) is 123 Å². The molecule has 186 valence electrons. The standard InChI is InChI=1S/C29H21BrCl2N2O2S/c1-2-36-24-12-7-16(13-22(24)30)14-25-28(35)34-27(20-11-9-18(31)15-23(20)32)21-10-8-17-5-3-4-6-19(17)26(21)33-29(34)37-25/h3-7,9,11-15,27H,2,8,10H2,1H3. The molecule has 37 heavy (non-hydrogen) atoms. The van der Waals surface area contributed by atoms with Crippen LogP contribution in [0.5, 0.6) is 5.75 Å². The van der Waals surface area contributed by atoms with E-state index in [-0.39, 0.29) is 11.6 Å². The zero-order valence-electron chi connectivity index (χ0n) is 19.8. The summed E-state index contributed by atoms with van der Waals surface area (Å²) in [6.45, 7) is 2.53. The van der Waals surface area contributed by atoms with Crippen molar-refractivity contribution in [1.82, 2.24) is 4.57 Å². The van der Waals surface area contributed by atoms with Gasteiger partial charge in [0.05, 0.1) is 27.4 Å². The monoisotopic (exact) mass is 610 g/mol. The third-order valence-electron chi connectivity index (χ3n) is 6.68. The highest BCUT2D eigenvalue weighted by molar-refractivity contribution is 9.10. The molecule has 1 aliphatic heterocycles. The third-order valence-corrected chi connectivity index (χ3v) is 8.85. The molecule has 1 unspecified atom stereocenters. The van der Waals surface area contributed by atoms with E-state index in [0.29, 0.717) is 26.0 Å². The van der Waals surface area contributed by atoms with E-state index in [4.69, 9.17) is 32.9 Å². The Morgan fingerprint density at radius 1 is 1.14 bits per heavy atom. The minimum absolute atomic E-state index is 0.0878. The first-order valence-electron chi connectivity index (χ1n) is 11.9. The predicted molar refractivity (Wildman–Crippen MR) is 155 cm³/mol. The molecule has 3 aromatic carbocycles. The quantitative estimate of drug-likeness (QED) is 0.255. The number of ether oxygens (including phenoxy) is 1. The molecule has 0 radical (unpaired) electrons. The second-order valence-electron chi connectivity index (χ2n) is 8.90. The van der Waals surface area contributed by atoms with Crippen molar-refractivity contribution < 1.29 is 4.74 Å². The molecule has 4 aromatic rings. The molecule has 8 heteroatoms. The molecule has 2 aliphatic rings. The lowest BCUT2D eigenvalue weighted by Crippen LogP contribution is -2.38. The molecule has 6 rings (SSSR count). The number of benzene rings is 3. The molecular formula is C29H21BrCl2N2O2S. The van der Waals surface area contributed by atoms with Crippen molar-refractivity contribution in [3.63, 3.8) is 0 Å². The highest BCUT2D eigenvalue weighted by atomic mass is 79.9. The molecule has 1 aromatic heterocycles. The summed E-state index contributed by atoms with van der Waals surface area (Å²) in [5.41, 5.74) is 6.09. The number of aromatic nitrogens is 1. The van der Waals surface area contributed by atoms with Crippen molar-refractivity contribution in [2.24, 2.45) is 4.99 Å². The Hall–Kier alpha value is -2.64. The van der Waals surface area contributed by atoms with E-state index in [9.17, 15) is 4.79 Å². The van der Waals surface area contributed by atoms with E-state index in [1.54, 1.807) is 10.6 Å². The van der Waals surface area contributed by atoms with E-state index in [2.05, 4.69) is 34.1 Å². The molecule has 0 fully saturated rings. The Morgan fingerprint density at radius 3 is 2.76 bits per heavy atom. The van der Waals surface area contributed by atoms with Crippen LogP contribution < -0.4 is 19.6 Å². The summed E-state index contributed by atoms with van der Waals surface area (Å²) < 4.78 is 8.88. The van der Waals surface area contributed by atoms with Crippen LogP contribution >= 0.6 is 50.5 Å². The van der Waals surface area contributed by atoms with E-state index in [1.165, 1.54) is 16.9 Å². The molecule has 2 heterocycles. The zero-order valence-corrected chi connectivity index (χ0v) is 23.7. The lowest BCUT2D eigenvalue weighted by Gasteiger charge is -2.31. The molecule has 0 amide bonds. The normalized spacial score (nSPS) is 16.6. The van der Waals surface area contributed by atoms with Crippen molar-refractivity contribution in [3.8, 4) is 5.75 Å². The Bertz CT molecular complexity index is 1770. The van der Waals surface area contributed by atoms with Gasteiger partial charge in [-0.1, -0.05) is 70.9 Å². The summed E-state index contributed by atoms with van der Waals surface area (Å²) in [5, 5.41) is 1.10. The topological polar surface area (TPSA) is 43.6 Å². The van der Waals surface area contributed by atoms with Crippen LogP contribution in [0.15, 0.2) is 80.5 Å². The highest BCUT2D eigenvalue weighted by Crippen LogP contribution is 2.43.